The molecular formula is C15H13BrCl2N2O. The SMILES string of the molecule is CC(C)c1cc(C(=O)Nc2ccc(Br)cc2Cl)cc(Cl)n1. The second kappa shape index (κ2) is 6.77. The summed E-state index contributed by atoms with van der Waals surface area (Å²) in [4.78, 5) is 16.5. The maximum Gasteiger partial charge on any atom is 0.255 e. The number of carbonyl (C=O) groups excluding carboxylic acids is 1. The number of nitrogens with zero attached hydrogens (tertiary/aromatic N) is 1. The van der Waals surface area contributed by atoms with Crippen molar-refractivity contribution in [1.82, 2.24) is 4.98 Å². The third-order valence-electron chi connectivity index (χ3n) is 2.85. The summed E-state index contributed by atoms with van der Waals surface area (Å²) in [5.41, 5.74) is 1.77. The predicted molar refractivity (Wildman–Crippen MR) is 90.4 cm³/mol. The van der Waals surface area contributed by atoms with Crippen LogP contribution in [0.5, 0.6) is 0 Å². The summed E-state index contributed by atoms with van der Waals surface area (Å²) >= 11 is 15.4. The molecule has 1 N–H and O–H groups in total. The van der Waals surface area contributed by atoms with Gasteiger partial charge in [-0.15, -0.1) is 0 Å². The fraction of sp³-hybridized carbons (Fsp3) is 0.200. The Kier molecular flexibility index (Phi) is 5.25. The Hall–Kier alpha value is -1.10. The normalized spacial score (nSPS) is 10.8. The fourth-order valence-corrected chi connectivity index (χ4v) is 2.67. The van der Waals surface area contributed by atoms with Gasteiger partial charge in [-0.25, -0.2) is 4.98 Å². The van der Waals surface area contributed by atoms with E-state index < -0.39 is 0 Å². The Balaban J connectivity index is 2.28. The number of amides is 1. The topological polar surface area (TPSA) is 42.0 Å². The lowest BCUT2D eigenvalue weighted by Crippen LogP contribution is -2.13. The van der Waals surface area contributed by atoms with Crippen LogP contribution in [-0.2, 0) is 0 Å². The molecule has 2 rings (SSSR count). The van der Waals surface area contributed by atoms with E-state index in [1.165, 1.54) is 6.07 Å². The highest BCUT2D eigenvalue weighted by Gasteiger charge is 2.13. The zero-order valence-electron chi connectivity index (χ0n) is 11.5. The van der Waals surface area contributed by atoms with Crippen LogP contribution in [0.1, 0.15) is 35.8 Å². The van der Waals surface area contributed by atoms with Crippen LogP contribution in [0.4, 0.5) is 5.69 Å². The smallest absolute Gasteiger partial charge is 0.255 e. The van der Waals surface area contributed by atoms with Gasteiger partial charge in [0.1, 0.15) is 5.15 Å². The molecule has 1 aromatic carbocycles. The Morgan fingerprint density at radius 1 is 1.24 bits per heavy atom. The molecule has 0 bridgehead atoms. The van der Waals surface area contributed by atoms with E-state index in [4.69, 9.17) is 23.2 Å². The van der Waals surface area contributed by atoms with Crippen LogP contribution in [0.2, 0.25) is 10.2 Å². The van der Waals surface area contributed by atoms with E-state index in [9.17, 15) is 4.79 Å². The van der Waals surface area contributed by atoms with Crippen molar-refractivity contribution in [2.75, 3.05) is 5.32 Å². The molecule has 0 aliphatic rings. The second-order valence-corrected chi connectivity index (χ2v) is 6.55. The predicted octanol–water partition coefficient (Wildman–Crippen LogP) is 5.53. The minimum absolute atomic E-state index is 0.187. The average molecular weight is 388 g/mol. The van der Waals surface area contributed by atoms with Crippen LogP contribution < -0.4 is 5.32 Å². The third kappa shape index (κ3) is 4.19. The molecule has 6 heteroatoms. The lowest BCUT2D eigenvalue weighted by Gasteiger charge is -2.10. The largest absolute Gasteiger partial charge is 0.321 e. The minimum Gasteiger partial charge on any atom is -0.321 e. The van der Waals surface area contributed by atoms with E-state index in [1.54, 1.807) is 24.3 Å². The van der Waals surface area contributed by atoms with Crippen LogP contribution in [0, 0.1) is 0 Å². The van der Waals surface area contributed by atoms with Gasteiger partial charge >= 0.3 is 0 Å². The van der Waals surface area contributed by atoms with E-state index in [1.807, 2.05) is 13.8 Å². The van der Waals surface area contributed by atoms with Crippen molar-refractivity contribution in [3.05, 3.63) is 56.2 Å². The number of rotatable bonds is 3. The van der Waals surface area contributed by atoms with Crippen molar-refractivity contribution in [1.29, 1.82) is 0 Å². The molecule has 0 fully saturated rings. The lowest BCUT2D eigenvalue weighted by molar-refractivity contribution is 0.102. The molecular weight excluding hydrogens is 375 g/mol. The van der Waals surface area contributed by atoms with E-state index in [2.05, 4.69) is 26.2 Å². The highest BCUT2D eigenvalue weighted by molar-refractivity contribution is 9.10. The van der Waals surface area contributed by atoms with E-state index >= 15 is 0 Å². The van der Waals surface area contributed by atoms with Gasteiger partial charge < -0.3 is 5.32 Å². The lowest BCUT2D eigenvalue weighted by atomic mass is 10.1. The summed E-state index contributed by atoms with van der Waals surface area (Å²) in [6.07, 6.45) is 0. The molecule has 0 saturated carbocycles. The summed E-state index contributed by atoms with van der Waals surface area (Å²) in [5.74, 6) is -0.0862. The first-order chi connectivity index (χ1) is 9.86. The molecule has 0 saturated heterocycles. The van der Waals surface area contributed by atoms with Gasteiger partial charge in [-0.1, -0.05) is 53.0 Å². The maximum absolute atomic E-state index is 12.3. The van der Waals surface area contributed by atoms with Crippen molar-refractivity contribution in [2.24, 2.45) is 0 Å². The van der Waals surface area contributed by atoms with Crippen LogP contribution in [0.3, 0.4) is 0 Å². The van der Waals surface area contributed by atoms with Gasteiger partial charge in [0, 0.05) is 15.7 Å². The van der Waals surface area contributed by atoms with Crippen molar-refractivity contribution in [2.45, 2.75) is 19.8 Å². The summed E-state index contributed by atoms with van der Waals surface area (Å²) in [7, 11) is 0. The van der Waals surface area contributed by atoms with Crippen molar-refractivity contribution in [3.63, 3.8) is 0 Å². The summed E-state index contributed by atoms with van der Waals surface area (Å²) in [6.45, 7) is 3.98. The summed E-state index contributed by atoms with van der Waals surface area (Å²) < 4.78 is 0.847. The molecule has 0 spiro atoms. The molecule has 1 aromatic heterocycles. The number of hydrogen-bond acceptors (Lipinski definition) is 2. The molecule has 0 unspecified atom stereocenters. The van der Waals surface area contributed by atoms with Gasteiger partial charge in [0.15, 0.2) is 0 Å². The van der Waals surface area contributed by atoms with E-state index in [0.717, 1.165) is 10.2 Å². The third-order valence-corrected chi connectivity index (χ3v) is 3.85. The van der Waals surface area contributed by atoms with Crippen molar-refractivity contribution >= 4 is 50.7 Å². The number of nitrogens with one attached hydrogen (secondary N) is 1. The molecule has 0 aliphatic heterocycles. The summed E-state index contributed by atoms with van der Waals surface area (Å²) in [5, 5.41) is 3.53. The van der Waals surface area contributed by atoms with Gasteiger partial charge in [0.25, 0.3) is 5.91 Å². The number of halogens is 3. The summed E-state index contributed by atoms with van der Waals surface area (Å²) in [6, 6.07) is 8.53. The molecule has 0 aliphatic carbocycles. The van der Waals surface area contributed by atoms with Gasteiger partial charge in [-0.05, 0) is 36.2 Å². The average Bonchev–Trinajstić information content (AvgIpc) is 2.41. The molecule has 2 aromatic rings. The standard InChI is InChI=1S/C15H13BrCl2N2O/c1-8(2)13-5-9(6-14(18)19-13)15(21)20-12-4-3-10(16)7-11(12)17/h3-8H,1-2H3,(H,20,21). The molecule has 1 amide bonds. The van der Waals surface area contributed by atoms with Gasteiger partial charge in [0.05, 0.1) is 10.7 Å². The molecule has 0 radical (unpaired) electrons. The molecule has 1 heterocycles. The van der Waals surface area contributed by atoms with Crippen molar-refractivity contribution < 1.29 is 4.79 Å². The fourth-order valence-electron chi connectivity index (χ4n) is 1.73. The van der Waals surface area contributed by atoms with Gasteiger partial charge in [0.2, 0.25) is 0 Å². The van der Waals surface area contributed by atoms with Crippen LogP contribution in [-0.4, -0.2) is 10.9 Å². The van der Waals surface area contributed by atoms with Crippen LogP contribution in [0.15, 0.2) is 34.8 Å². The van der Waals surface area contributed by atoms with Crippen molar-refractivity contribution in [3.8, 4) is 0 Å². The Labute approximate surface area is 141 Å². The molecule has 0 atom stereocenters. The number of anilines is 1. The van der Waals surface area contributed by atoms with E-state index in [-0.39, 0.29) is 11.8 Å². The first kappa shape index (κ1) is 16.3. The number of pyridine rings is 1. The first-order valence-corrected chi connectivity index (χ1v) is 7.85. The molecule has 3 nitrogen and oxygen atoms in total. The Bertz CT molecular complexity index is 689. The van der Waals surface area contributed by atoms with Gasteiger partial charge in [-0.2, -0.15) is 0 Å². The number of carbonyl (C=O) groups is 1. The number of hydrogen-bond donors (Lipinski definition) is 1. The monoisotopic (exact) mass is 386 g/mol. The zero-order chi connectivity index (χ0) is 15.6. The Morgan fingerprint density at radius 3 is 2.57 bits per heavy atom. The zero-order valence-corrected chi connectivity index (χ0v) is 14.6. The molecule has 110 valence electrons. The molecule has 21 heavy (non-hydrogen) atoms. The van der Waals surface area contributed by atoms with Crippen LogP contribution in [0.25, 0.3) is 0 Å². The van der Waals surface area contributed by atoms with E-state index in [0.29, 0.717) is 21.4 Å². The first-order valence-electron chi connectivity index (χ1n) is 6.30. The van der Waals surface area contributed by atoms with Crippen LogP contribution >= 0.6 is 39.1 Å². The Morgan fingerprint density at radius 2 is 1.95 bits per heavy atom. The highest BCUT2D eigenvalue weighted by Crippen LogP contribution is 2.26. The second-order valence-electron chi connectivity index (χ2n) is 4.84. The maximum atomic E-state index is 12.3. The quantitative estimate of drug-likeness (QED) is 0.703. The number of aromatic nitrogens is 1. The highest BCUT2D eigenvalue weighted by atomic mass is 79.9. The number of benzene rings is 1. The van der Waals surface area contributed by atoms with Gasteiger partial charge in [-0.3, -0.25) is 4.79 Å². The minimum atomic E-state index is -0.273.